The van der Waals surface area contributed by atoms with Crippen LogP contribution in [0.25, 0.3) is 11.3 Å². The molecule has 1 aromatic carbocycles. The van der Waals surface area contributed by atoms with Crippen LogP contribution in [0.3, 0.4) is 0 Å². The summed E-state index contributed by atoms with van der Waals surface area (Å²) < 4.78 is 33.4. The number of fused-ring (bicyclic) bond motifs is 1. The maximum absolute atomic E-state index is 14.6. The van der Waals surface area contributed by atoms with Crippen LogP contribution in [-0.2, 0) is 49.4 Å². The second-order valence-electron chi connectivity index (χ2n) is 19.8. The van der Waals surface area contributed by atoms with Gasteiger partial charge in [-0.05, 0) is 111 Å². The standard InChI is InChI=1S/C48H76N8O13/c1-11-37-48(7)41(56(46(64)69-48)20-13-12-19-55-26-35(52-53-55)31-15-14-16-32(49)22-31)33(17-18-50-34(43(61)62)23-38(57)58)51-25-27(2)24-47(6,65-10)42(29(4)39(59)30(5)44(63)67-37)68-45-40(60)36(54(8)9)21-28(3)66-45/h14-16,22,26-30,33-34,36-37,40-42,45,50-51,60H,11-13,17-21,23-25,49H2,1-10H3,(H,57,58)(H,61,62)/t27-,28-,29+,30-,33?,34-,36?,37-,40-,41-,42-,45+,47-,48-/m1/s1. The van der Waals surface area contributed by atoms with Gasteiger partial charge in [-0.15, -0.1) is 5.10 Å². The largest absolute Gasteiger partial charge is 0.481 e. The molecule has 3 fully saturated rings. The first-order valence-electron chi connectivity index (χ1n) is 24.1. The molecule has 3 saturated heterocycles. The molecule has 7 N–H and O–H groups in total. The average molecular weight is 973 g/mol. The molecule has 0 saturated carbocycles. The Morgan fingerprint density at radius 1 is 1.10 bits per heavy atom. The van der Waals surface area contributed by atoms with Crippen LogP contribution in [0.15, 0.2) is 30.5 Å². The Labute approximate surface area is 405 Å². The van der Waals surface area contributed by atoms with E-state index in [1.807, 2.05) is 64.2 Å². The summed E-state index contributed by atoms with van der Waals surface area (Å²) in [6.45, 7) is 13.4. The number of ether oxygens (including phenoxy) is 5. The van der Waals surface area contributed by atoms with Gasteiger partial charge in [0.2, 0.25) is 0 Å². The first kappa shape index (κ1) is 55.2. The molecule has 21 nitrogen and oxygen atoms in total. The number of aromatic nitrogens is 3. The lowest BCUT2D eigenvalue weighted by molar-refractivity contribution is -0.295. The number of ketones is 1. The maximum atomic E-state index is 14.6. The Morgan fingerprint density at radius 2 is 1.81 bits per heavy atom. The molecule has 4 heterocycles. The zero-order valence-corrected chi connectivity index (χ0v) is 41.8. The second-order valence-corrected chi connectivity index (χ2v) is 19.8. The van der Waals surface area contributed by atoms with Gasteiger partial charge in [0.1, 0.15) is 29.9 Å². The van der Waals surface area contributed by atoms with E-state index in [0.29, 0.717) is 50.2 Å². The number of nitrogens with one attached hydrogen (secondary N) is 2. The van der Waals surface area contributed by atoms with Crippen LogP contribution >= 0.6 is 0 Å². The highest BCUT2D eigenvalue weighted by molar-refractivity contribution is 6.00. The van der Waals surface area contributed by atoms with Gasteiger partial charge in [-0.25, -0.2) is 4.79 Å². The summed E-state index contributed by atoms with van der Waals surface area (Å²) in [4.78, 5) is 70.4. The number of nitrogen functional groups attached to an aromatic ring is 1. The number of hydrogen-bond donors (Lipinski definition) is 6. The predicted octanol–water partition coefficient (Wildman–Crippen LogP) is 3.17. The molecule has 1 aromatic heterocycles. The number of aliphatic hydroxyl groups is 1. The first-order chi connectivity index (χ1) is 32.5. The average Bonchev–Trinajstić information content (AvgIpc) is 3.87. The van der Waals surface area contributed by atoms with E-state index in [1.54, 1.807) is 36.4 Å². The number of hydrogen-bond acceptors (Lipinski definition) is 17. The number of rotatable bonds is 18. The number of esters is 1. The number of methoxy groups -OCH3 is 1. The van der Waals surface area contributed by atoms with Crippen molar-refractivity contribution in [3.8, 4) is 11.3 Å². The molecule has 1 amide bonds. The van der Waals surface area contributed by atoms with Gasteiger partial charge in [0.05, 0.1) is 36.5 Å². The molecule has 2 unspecified atom stereocenters. The van der Waals surface area contributed by atoms with Crippen LogP contribution in [0, 0.1) is 17.8 Å². The molecule has 5 rings (SSSR count). The number of likely N-dealkylation sites (N-methyl/N-ethyl adjacent to an activating group) is 1. The minimum atomic E-state index is -1.50. The summed E-state index contributed by atoms with van der Waals surface area (Å²) >= 11 is 0. The lowest BCUT2D eigenvalue weighted by Crippen LogP contribution is -2.62. The van der Waals surface area contributed by atoms with Crippen molar-refractivity contribution >= 4 is 35.5 Å². The molecular formula is C48H76N8O13. The van der Waals surface area contributed by atoms with E-state index in [4.69, 9.17) is 29.4 Å². The van der Waals surface area contributed by atoms with E-state index < -0.39 is 102 Å². The molecule has 0 bridgehead atoms. The van der Waals surface area contributed by atoms with Gasteiger partial charge in [0.25, 0.3) is 0 Å². The van der Waals surface area contributed by atoms with Crippen LogP contribution in [0.5, 0.6) is 0 Å². The monoisotopic (exact) mass is 973 g/mol. The van der Waals surface area contributed by atoms with Gasteiger partial charge in [-0.1, -0.05) is 38.1 Å². The third-order valence-electron chi connectivity index (χ3n) is 14.2. The van der Waals surface area contributed by atoms with Crippen LogP contribution in [0.4, 0.5) is 10.5 Å². The summed E-state index contributed by atoms with van der Waals surface area (Å²) in [6, 6.07) is 4.16. The van der Waals surface area contributed by atoms with E-state index >= 15 is 0 Å². The van der Waals surface area contributed by atoms with E-state index in [9.17, 15) is 39.3 Å². The summed E-state index contributed by atoms with van der Waals surface area (Å²) in [5, 5.41) is 46.0. The number of nitrogens with two attached hydrogens (primary N) is 1. The zero-order valence-electron chi connectivity index (χ0n) is 41.8. The van der Waals surface area contributed by atoms with E-state index in [-0.39, 0.29) is 44.0 Å². The van der Waals surface area contributed by atoms with Gasteiger partial charge < -0.3 is 60.3 Å². The number of anilines is 1. The third kappa shape index (κ3) is 13.4. The fraction of sp³-hybridized carbons (Fsp3) is 0.729. The van der Waals surface area contributed by atoms with Crippen LogP contribution in [0.1, 0.15) is 93.4 Å². The lowest BCUT2D eigenvalue weighted by atomic mass is 9.78. The van der Waals surface area contributed by atoms with Crippen LogP contribution in [-0.4, -0.2) is 177 Å². The number of unbranched alkanes of at least 4 members (excludes halogenated alkanes) is 1. The fourth-order valence-electron chi connectivity index (χ4n) is 10.4. The molecule has 69 heavy (non-hydrogen) atoms. The molecule has 2 aromatic rings. The van der Waals surface area contributed by atoms with Gasteiger partial charge in [-0.2, -0.15) is 0 Å². The number of cyclic esters (lactones) is 1. The second kappa shape index (κ2) is 23.9. The molecule has 14 atom stereocenters. The number of aliphatic carboxylic acids is 2. The molecule has 3 aliphatic rings. The minimum absolute atomic E-state index is 0.0218. The molecule has 0 spiro atoms. The highest BCUT2D eigenvalue weighted by Gasteiger charge is 2.59. The molecule has 3 aliphatic heterocycles. The number of aryl methyl sites for hydroxylation is 1. The third-order valence-corrected chi connectivity index (χ3v) is 14.2. The Balaban J connectivity index is 1.49. The molecule has 21 heteroatoms. The number of benzene rings is 1. The van der Waals surface area contributed by atoms with Gasteiger partial charge in [0, 0.05) is 49.5 Å². The van der Waals surface area contributed by atoms with Crippen molar-refractivity contribution in [1.82, 2.24) is 35.4 Å². The quantitative estimate of drug-likeness (QED) is 0.0542. The van der Waals surface area contributed by atoms with Crippen molar-refractivity contribution < 1.29 is 63.0 Å². The van der Waals surface area contributed by atoms with E-state index in [0.717, 1.165) is 5.56 Å². The van der Waals surface area contributed by atoms with Gasteiger partial charge in [0.15, 0.2) is 17.7 Å². The summed E-state index contributed by atoms with van der Waals surface area (Å²) in [5.41, 5.74) is 5.37. The fourth-order valence-corrected chi connectivity index (χ4v) is 10.4. The summed E-state index contributed by atoms with van der Waals surface area (Å²) in [6.07, 6.45) is -1.75. The number of amides is 1. The van der Waals surface area contributed by atoms with Crippen LogP contribution in [0.2, 0.25) is 0 Å². The number of aliphatic hydroxyl groups excluding tert-OH is 1. The summed E-state index contributed by atoms with van der Waals surface area (Å²) in [7, 11) is 5.25. The Morgan fingerprint density at radius 3 is 2.45 bits per heavy atom. The highest BCUT2D eigenvalue weighted by Crippen LogP contribution is 2.41. The number of carboxylic acid groups (broad SMARTS) is 2. The van der Waals surface area contributed by atoms with Crippen molar-refractivity contribution in [3.05, 3.63) is 30.5 Å². The number of carbonyl (C=O) groups excluding carboxylic acids is 3. The minimum Gasteiger partial charge on any atom is -0.481 e. The van der Waals surface area contributed by atoms with E-state index in [1.165, 1.54) is 14.0 Å². The van der Waals surface area contributed by atoms with Gasteiger partial charge >= 0.3 is 24.0 Å². The van der Waals surface area contributed by atoms with Crippen molar-refractivity contribution in [2.75, 3.05) is 46.6 Å². The Kier molecular flexibility index (Phi) is 19.1. The lowest BCUT2D eigenvalue weighted by Gasteiger charge is -2.46. The van der Waals surface area contributed by atoms with E-state index in [2.05, 4.69) is 20.9 Å². The highest BCUT2D eigenvalue weighted by atomic mass is 16.7. The van der Waals surface area contributed by atoms with Crippen molar-refractivity contribution in [3.63, 3.8) is 0 Å². The molecule has 386 valence electrons. The van der Waals surface area contributed by atoms with Crippen molar-refractivity contribution in [2.24, 2.45) is 17.8 Å². The predicted molar refractivity (Wildman–Crippen MR) is 253 cm³/mol. The molecular weight excluding hydrogens is 897 g/mol. The number of Topliss-reactive ketones (excluding diaryl/α,β-unsaturated/α-hetero) is 1. The van der Waals surface area contributed by atoms with Crippen LogP contribution < -0.4 is 16.4 Å². The first-order valence-corrected chi connectivity index (χ1v) is 24.1. The topological polar surface area (TPSA) is 279 Å². The smallest absolute Gasteiger partial charge is 0.410 e. The molecule has 0 radical (unpaired) electrons. The number of carbonyl (C=O) groups is 5. The maximum Gasteiger partial charge on any atom is 0.410 e. The summed E-state index contributed by atoms with van der Waals surface area (Å²) in [5.74, 6) is -6.42. The Hall–Kier alpha value is -4.77. The molecule has 0 aliphatic carbocycles. The van der Waals surface area contributed by atoms with Gasteiger partial charge in [-0.3, -0.25) is 28.8 Å². The normalized spacial score (nSPS) is 33.2. The zero-order chi connectivity index (χ0) is 51.0. The SMILES string of the molecule is CC[C@H]1OC(=O)[C@H](C)C(=O)[C@H](C)[C@@H](O[C@@H]2O[C@H](C)CC(N(C)C)[C@H]2O)[C@](C)(OC)C[C@@H](C)CNC(CCN[C@H](CC(=O)O)C(=O)O)[C@H]2N(CCCCn3cc(-c4cccc(N)c4)nn3)C(=O)O[C@]12C. The number of carboxylic acids is 2. The van der Waals surface area contributed by atoms with Crippen molar-refractivity contribution in [1.29, 1.82) is 0 Å². The Bertz CT molecular complexity index is 2070. The number of nitrogens with zero attached hydrogens (tertiary/aromatic N) is 5. The van der Waals surface area contributed by atoms with Crippen molar-refractivity contribution in [2.45, 2.75) is 166 Å².